The molecule has 0 aromatic carbocycles. The standard InChI is InChI=1S/C13H18N4O2/c1-12(3-4-12)15-10(18)8-7-14-17-9(8)11(19)16-13(2)5-6-13/h7H,3-6H2,1-2H3,(H,14,17)(H,15,18)(H,16,19). The highest BCUT2D eigenvalue weighted by atomic mass is 16.2. The lowest BCUT2D eigenvalue weighted by molar-refractivity contribution is 0.0897. The molecule has 0 saturated heterocycles. The molecule has 3 rings (SSSR count). The SMILES string of the molecule is CC1(NC(=O)c2cn[nH]c2C(=O)NC2(C)CC2)CC1. The summed E-state index contributed by atoms with van der Waals surface area (Å²) in [4.78, 5) is 24.2. The molecule has 1 aromatic rings. The third kappa shape index (κ3) is 2.47. The van der Waals surface area contributed by atoms with E-state index in [9.17, 15) is 9.59 Å². The van der Waals surface area contributed by atoms with Gasteiger partial charge in [-0.1, -0.05) is 0 Å². The van der Waals surface area contributed by atoms with Gasteiger partial charge in [-0.2, -0.15) is 5.10 Å². The lowest BCUT2D eigenvalue weighted by atomic mass is 10.2. The first-order valence-electron chi connectivity index (χ1n) is 6.59. The first-order chi connectivity index (χ1) is 8.91. The third-order valence-electron chi connectivity index (χ3n) is 3.94. The van der Waals surface area contributed by atoms with Crippen LogP contribution in [0.15, 0.2) is 6.20 Å². The van der Waals surface area contributed by atoms with Crippen LogP contribution in [0, 0.1) is 0 Å². The van der Waals surface area contributed by atoms with Gasteiger partial charge in [-0.05, 0) is 39.5 Å². The number of nitrogens with zero attached hydrogens (tertiary/aromatic N) is 1. The molecular weight excluding hydrogens is 244 g/mol. The monoisotopic (exact) mass is 262 g/mol. The molecule has 0 bridgehead atoms. The van der Waals surface area contributed by atoms with Gasteiger partial charge >= 0.3 is 0 Å². The molecule has 1 heterocycles. The number of H-pyrrole nitrogens is 1. The van der Waals surface area contributed by atoms with Crippen LogP contribution in [0.3, 0.4) is 0 Å². The Bertz CT molecular complexity index is 494. The van der Waals surface area contributed by atoms with Crippen LogP contribution in [-0.2, 0) is 0 Å². The van der Waals surface area contributed by atoms with Crippen molar-refractivity contribution in [2.24, 2.45) is 0 Å². The second kappa shape index (κ2) is 3.82. The Morgan fingerprint density at radius 1 is 1.11 bits per heavy atom. The number of rotatable bonds is 4. The van der Waals surface area contributed by atoms with Crippen molar-refractivity contribution in [1.82, 2.24) is 20.8 Å². The van der Waals surface area contributed by atoms with Crippen molar-refractivity contribution in [3.8, 4) is 0 Å². The zero-order valence-electron chi connectivity index (χ0n) is 11.2. The van der Waals surface area contributed by atoms with E-state index >= 15 is 0 Å². The summed E-state index contributed by atoms with van der Waals surface area (Å²) in [5, 5.41) is 12.3. The minimum absolute atomic E-state index is 0.107. The van der Waals surface area contributed by atoms with Gasteiger partial charge in [-0.3, -0.25) is 14.7 Å². The van der Waals surface area contributed by atoms with Crippen LogP contribution in [0.25, 0.3) is 0 Å². The average molecular weight is 262 g/mol. The second-order valence-electron chi connectivity index (χ2n) is 6.19. The lowest BCUT2D eigenvalue weighted by Crippen LogP contribution is -2.38. The molecule has 0 unspecified atom stereocenters. The molecule has 0 spiro atoms. The Morgan fingerprint density at radius 3 is 2.16 bits per heavy atom. The number of amides is 2. The van der Waals surface area contributed by atoms with Crippen molar-refractivity contribution < 1.29 is 9.59 Å². The van der Waals surface area contributed by atoms with E-state index in [1.54, 1.807) is 0 Å². The van der Waals surface area contributed by atoms with Crippen molar-refractivity contribution in [1.29, 1.82) is 0 Å². The molecule has 19 heavy (non-hydrogen) atoms. The van der Waals surface area contributed by atoms with Crippen LogP contribution in [-0.4, -0.2) is 33.1 Å². The van der Waals surface area contributed by atoms with Gasteiger partial charge in [0.1, 0.15) is 5.69 Å². The fourth-order valence-corrected chi connectivity index (χ4v) is 1.93. The van der Waals surface area contributed by atoms with Gasteiger partial charge in [0, 0.05) is 11.1 Å². The Morgan fingerprint density at radius 2 is 1.63 bits per heavy atom. The predicted molar refractivity (Wildman–Crippen MR) is 68.8 cm³/mol. The van der Waals surface area contributed by atoms with E-state index in [1.165, 1.54) is 6.20 Å². The number of nitrogens with one attached hydrogen (secondary N) is 3. The second-order valence-corrected chi connectivity index (χ2v) is 6.19. The summed E-state index contributed by atoms with van der Waals surface area (Å²) in [7, 11) is 0. The lowest BCUT2D eigenvalue weighted by Gasteiger charge is -2.13. The highest BCUT2D eigenvalue weighted by molar-refractivity contribution is 6.06. The zero-order chi connectivity index (χ0) is 13.7. The molecule has 0 radical (unpaired) electrons. The van der Waals surface area contributed by atoms with Gasteiger partial charge in [0.2, 0.25) is 0 Å². The minimum Gasteiger partial charge on any atom is -0.347 e. The van der Waals surface area contributed by atoms with Crippen LogP contribution in [0.4, 0.5) is 0 Å². The molecule has 1 aromatic heterocycles. The third-order valence-corrected chi connectivity index (χ3v) is 3.94. The maximum Gasteiger partial charge on any atom is 0.270 e. The molecule has 2 saturated carbocycles. The van der Waals surface area contributed by atoms with Crippen LogP contribution in [0.2, 0.25) is 0 Å². The Kier molecular flexibility index (Phi) is 2.45. The molecule has 2 aliphatic rings. The number of carbonyl (C=O) groups is 2. The van der Waals surface area contributed by atoms with Crippen molar-refractivity contribution >= 4 is 11.8 Å². The minimum atomic E-state index is -0.261. The predicted octanol–water partition coefficient (Wildman–Crippen LogP) is 0.974. The first-order valence-corrected chi connectivity index (χ1v) is 6.59. The van der Waals surface area contributed by atoms with Gasteiger partial charge in [0.05, 0.1) is 11.8 Å². The van der Waals surface area contributed by atoms with Crippen molar-refractivity contribution in [3.63, 3.8) is 0 Å². The van der Waals surface area contributed by atoms with Crippen molar-refractivity contribution in [2.75, 3.05) is 0 Å². The molecule has 102 valence electrons. The largest absolute Gasteiger partial charge is 0.347 e. The number of aromatic amines is 1. The summed E-state index contributed by atoms with van der Waals surface area (Å²) in [6.07, 6.45) is 5.33. The highest BCUT2D eigenvalue weighted by Gasteiger charge is 2.41. The summed E-state index contributed by atoms with van der Waals surface area (Å²) >= 11 is 0. The summed E-state index contributed by atoms with van der Waals surface area (Å²) < 4.78 is 0. The molecule has 2 aliphatic carbocycles. The quantitative estimate of drug-likeness (QED) is 0.755. The fraction of sp³-hybridized carbons (Fsp3) is 0.615. The maximum atomic E-state index is 12.1. The van der Waals surface area contributed by atoms with E-state index < -0.39 is 0 Å². The first kappa shape index (κ1) is 12.2. The van der Waals surface area contributed by atoms with Gasteiger partial charge in [0.15, 0.2) is 0 Å². The topological polar surface area (TPSA) is 86.9 Å². The summed E-state index contributed by atoms with van der Waals surface area (Å²) in [5.41, 5.74) is 0.341. The normalized spacial score (nSPS) is 21.6. The Labute approximate surface area is 111 Å². The van der Waals surface area contributed by atoms with Gasteiger partial charge < -0.3 is 10.6 Å². The molecule has 3 N–H and O–H groups in total. The highest BCUT2D eigenvalue weighted by Crippen LogP contribution is 2.35. The number of carbonyl (C=O) groups excluding carboxylic acids is 2. The summed E-state index contributed by atoms with van der Waals surface area (Å²) in [6, 6.07) is 0. The van der Waals surface area contributed by atoms with Crippen molar-refractivity contribution in [2.45, 2.75) is 50.6 Å². The van der Waals surface area contributed by atoms with Crippen LogP contribution in [0.5, 0.6) is 0 Å². The van der Waals surface area contributed by atoms with E-state index in [2.05, 4.69) is 20.8 Å². The summed E-state index contributed by atoms with van der Waals surface area (Å²) in [5.74, 6) is -0.497. The van der Waals surface area contributed by atoms with E-state index in [4.69, 9.17) is 0 Å². The number of hydrogen-bond acceptors (Lipinski definition) is 3. The molecular formula is C13H18N4O2. The van der Waals surface area contributed by atoms with Gasteiger partial charge in [-0.25, -0.2) is 0 Å². The number of aromatic nitrogens is 2. The van der Waals surface area contributed by atoms with Gasteiger partial charge in [0.25, 0.3) is 11.8 Å². The van der Waals surface area contributed by atoms with E-state index in [0.29, 0.717) is 5.56 Å². The Balaban J connectivity index is 1.73. The van der Waals surface area contributed by atoms with E-state index in [0.717, 1.165) is 25.7 Å². The van der Waals surface area contributed by atoms with Crippen molar-refractivity contribution in [3.05, 3.63) is 17.5 Å². The Hall–Kier alpha value is -1.85. The van der Waals surface area contributed by atoms with E-state index in [1.807, 2.05) is 13.8 Å². The fourth-order valence-electron chi connectivity index (χ4n) is 1.93. The summed E-state index contributed by atoms with van der Waals surface area (Å²) in [6.45, 7) is 3.99. The zero-order valence-corrected chi connectivity index (χ0v) is 11.2. The molecule has 2 amide bonds. The van der Waals surface area contributed by atoms with Crippen LogP contribution in [0.1, 0.15) is 60.4 Å². The number of hydrogen-bond donors (Lipinski definition) is 3. The van der Waals surface area contributed by atoms with Crippen LogP contribution < -0.4 is 10.6 Å². The average Bonchev–Trinajstić information content (AvgIpc) is 3.18. The molecule has 6 heteroatoms. The van der Waals surface area contributed by atoms with Gasteiger partial charge in [-0.15, -0.1) is 0 Å². The molecule has 6 nitrogen and oxygen atoms in total. The van der Waals surface area contributed by atoms with Crippen LogP contribution >= 0.6 is 0 Å². The maximum absolute atomic E-state index is 12.1. The molecule has 0 aliphatic heterocycles. The van der Waals surface area contributed by atoms with E-state index in [-0.39, 0.29) is 28.6 Å². The smallest absolute Gasteiger partial charge is 0.270 e. The molecule has 2 fully saturated rings. The molecule has 0 atom stereocenters.